The Morgan fingerprint density at radius 3 is 2.27 bits per heavy atom. The molecule has 0 bridgehead atoms. The second-order valence-corrected chi connectivity index (χ2v) is 3.60. The van der Waals surface area contributed by atoms with Crippen LogP contribution in [0.4, 0.5) is 13.2 Å². The van der Waals surface area contributed by atoms with E-state index in [4.69, 9.17) is 4.74 Å². The molecular weight excluding hydrogens is 207 g/mol. The Labute approximate surface area is 89.2 Å². The van der Waals surface area contributed by atoms with Crippen LogP contribution >= 0.6 is 0 Å². The molecule has 5 heteroatoms. The summed E-state index contributed by atoms with van der Waals surface area (Å²) in [6.07, 6.45) is -2.93. The molecular formula is C10H20F3NO. The van der Waals surface area contributed by atoms with Crippen LogP contribution in [0.15, 0.2) is 0 Å². The lowest BCUT2D eigenvalue weighted by Crippen LogP contribution is -2.41. The third kappa shape index (κ3) is 7.62. The summed E-state index contributed by atoms with van der Waals surface area (Å²) in [4.78, 5) is 0. The standard InChI is InChI=1S/C10H20F3NO/c1-4-6-14-9(5-2)8(3)15-7-10(11,12)13/h8-9,14H,4-7H2,1-3H3. The zero-order valence-electron chi connectivity index (χ0n) is 9.53. The molecule has 0 heterocycles. The summed E-state index contributed by atoms with van der Waals surface area (Å²) in [5, 5.41) is 3.16. The summed E-state index contributed by atoms with van der Waals surface area (Å²) < 4.78 is 40.4. The highest BCUT2D eigenvalue weighted by Gasteiger charge is 2.29. The molecule has 0 aromatic heterocycles. The Balaban J connectivity index is 3.87. The predicted octanol–water partition coefficient (Wildman–Crippen LogP) is 2.73. The van der Waals surface area contributed by atoms with Crippen LogP contribution < -0.4 is 5.32 Å². The van der Waals surface area contributed by atoms with Crippen molar-refractivity contribution in [3.63, 3.8) is 0 Å². The Hall–Kier alpha value is -0.290. The number of alkyl halides is 3. The molecule has 0 saturated heterocycles. The largest absolute Gasteiger partial charge is 0.411 e. The van der Waals surface area contributed by atoms with Crippen molar-refractivity contribution in [3.8, 4) is 0 Å². The first kappa shape index (κ1) is 14.7. The lowest BCUT2D eigenvalue weighted by Gasteiger charge is -2.24. The van der Waals surface area contributed by atoms with Gasteiger partial charge >= 0.3 is 6.18 Å². The maximum Gasteiger partial charge on any atom is 0.411 e. The number of ether oxygens (including phenoxy) is 1. The van der Waals surface area contributed by atoms with E-state index in [1.807, 2.05) is 13.8 Å². The molecule has 0 amide bonds. The van der Waals surface area contributed by atoms with Crippen LogP contribution in [0.1, 0.15) is 33.6 Å². The second-order valence-electron chi connectivity index (χ2n) is 3.60. The van der Waals surface area contributed by atoms with E-state index in [1.54, 1.807) is 6.92 Å². The predicted molar refractivity (Wildman–Crippen MR) is 53.8 cm³/mol. The summed E-state index contributed by atoms with van der Waals surface area (Å²) in [5.74, 6) is 0. The molecule has 0 aromatic carbocycles. The van der Waals surface area contributed by atoms with Gasteiger partial charge in [0.1, 0.15) is 6.61 Å². The number of hydrogen-bond acceptors (Lipinski definition) is 2. The molecule has 0 spiro atoms. The molecule has 0 radical (unpaired) electrons. The van der Waals surface area contributed by atoms with Crippen LogP contribution in [0, 0.1) is 0 Å². The Morgan fingerprint density at radius 1 is 1.27 bits per heavy atom. The van der Waals surface area contributed by atoms with Crippen molar-refractivity contribution < 1.29 is 17.9 Å². The van der Waals surface area contributed by atoms with Gasteiger partial charge in [0, 0.05) is 6.04 Å². The second kappa shape index (κ2) is 7.06. The average molecular weight is 227 g/mol. The van der Waals surface area contributed by atoms with Crippen molar-refractivity contribution in [2.24, 2.45) is 0 Å². The Morgan fingerprint density at radius 2 is 1.87 bits per heavy atom. The van der Waals surface area contributed by atoms with E-state index in [2.05, 4.69) is 5.32 Å². The number of rotatable bonds is 7. The molecule has 0 fully saturated rings. The third-order valence-electron chi connectivity index (χ3n) is 2.17. The Kier molecular flexibility index (Phi) is 6.92. The van der Waals surface area contributed by atoms with Gasteiger partial charge in [-0.1, -0.05) is 13.8 Å². The number of nitrogens with one attached hydrogen (secondary N) is 1. The molecule has 0 aliphatic rings. The van der Waals surface area contributed by atoms with Gasteiger partial charge in [-0.25, -0.2) is 0 Å². The van der Waals surface area contributed by atoms with Crippen molar-refractivity contribution in [1.82, 2.24) is 5.32 Å². The molecule has 2 nitrogen and oxygen atoms in total. The first-order valence-corrected chi connectivity index (χ1v) is 5.32. The zero-order chi connectivity index (χ0) is 11.9. The van der Waals surface area contributed by atoms with Gasteiger partial charge in [0.25, 0.3) is 0 Å². The fraction of sp³-hybridized carbons (Fsp3) is 1.00. The van der Waals surface area contributed by atoms with Crippen LogP contribution in [0.5, 0.6) is 0 Å². The first-order chi connectivity index (χ1) is 6.90. The van der Waals surface area contributed by atoms with Gasteiger partial charge < -0.3 is 10.1 Å². The van der Waals surface area contributed by atoms with Crippen LogP contribution in [0.2, 0.25) is 0 Å². The highest BCUT2D eigenvalue weighted by atomic mass is 19.4. The van der Waals surface area contributed by atoms with Gasteiger partial charge in [-0.05, 0) is 26.3 Å². The lowest BCUT2D eigenvalue weighted by atomic mass is 10.1. The molecule has 0 saturated carbocycles. The topological polar surface area (TPSA) is 21.3 Å². The molecule has 1 N–H and O–H groups in total. The van der Waals surface area contributed by atoms with E-state index in [-0.39, 0.29) is 6.04 Å². The molecule has 0 aromatic rings. The molecule has 92 valence electrons. The Bertz CT molecular complexity index is 161. The first-order valence-electron chi connectivity index (χ1n) is 5.32. The molecule has 2 atom stereocenters. The van der Waals surface area contributed by atoms with Crippen molar-refractivity contribution in [2.75, 3.05) is 13.2 Å². The maximum absolute atomic E-state index is 11.9. The summed E-state index contributed by atoms with van der Waals surface area (Å²) >= 11 is 0. The minimum absolute atomic E-state index is 0.00713. The zero-order valence-corrected chi connectivity index (χ0v) is 9.53. The number of hydrogen-bond donors (Lipinski definition) is 1. The summed E-state index contributed by atoms with van der Waals surface area (Å²) in [7, 11) is 0. The SMILES string of the molecule is CCCNC(CC)C(C)OCC(F)(F)F. The van der Waals surface area contributed by atoms with E-state index < -0.39 is 18.9 Å². The molecule has 15 heavy (non-hydrogen) atoms. The van der Waals surface area contributed by atoms with Crippen molar-refractivity contribution >= 4 is 0 Å². The minimum Gasteiger partial charge on any atom is -0.367 e. The molecule has 0 rings (SSSR count). The monoisotopic (exact) mass is 227 g/mol. The average Bonchev–Trinajstić information content (AvgIpc) is 2.15. The van der Waals surface area contributed by atoms with E-state index in [1.165, 1.54) is 0 Å². The molecule has 0 aliphatic heterocycles. The van der Waals surface area contributed by atoms with Crippen molar-refractivity contribution in [2.45, 2.75) is 51.9 Å². The fourth-order valence-electron chi connectivity index (χ4n) is 1.31. The fourth-order valence-corrected chi connectivity index (χ4v) is 1.31. The molecule has 2 unspecified atom stereocenters. The van der Waals surface area contributed by atoms with Crippen molar-refractivity contribution in [3.05, 3.63) is 0 Å². The van der Waals surface area contributed by atoms with Crippen LogP contribution in [0.25, 0.3) is 0 Å². The smallest absolute Gasteiger partial charge is 0.367 e. The van der Waals surface area contributed by atoms with Crippen LogP contribution in [-0.4, -0.2) is 31.5 Å². The summed E-state index contributed by atoms with van der Waals surface area (Å²) in [5.41, 5.74) is 0. The van der Waals surface area contributed by atoms with Crippen LogP contribution in [0.3, 0.4) is 0 Å². The summed E-state index contributed by atoms with van der Waals surface area (Å²) in [6, 6.07) is -0.00713. The highest BCUT2D eigenvalue weighted by molar-refractivity contribution is 4.72. The quantitative estimate of drug-likeness (QED) is 0.722. The summed E-state index contributed by atoms with van der Waals surface area (Å²) in [6.45, 7) is 5.25. The minimum atomic E-state index is -4.24. The van der Waals surface area contributed by atoms with Gasteiger partial charge in [0.2, 0.25) is 0 Å². The van der Waals surface area contributed by atoms with Gasteiger partial charge in [-0.3, -0.25) is 0 Å². The van der Waals surface area contributed by atoms with Gasteiger partial charge in [-0.15, -0.1) is 0 Å². The maximum atomic E-state index is 11.9. The normalized spacial score (nSPS) is 16.4. The van der Waals surface area contributed by atoms with Gasteiger partial charge in [0.15, 0.2) is 0 Å². The lowest BCUT2D eigenvalue weighted by molar-refractivity contribution is -0.186. The number of halogens is 3. The highest BCUT2D eigenvalue weighted by Crippen LogP contribution is 2.16. The van der Waals surface area contributed by atoms with Crippen molar-refractivity contribution in [1.29, 1.82) is 0 Å². The van der Waals surface area contributed by atoms with E-state index >= 15 is 0 Å². The van der Waals surface area contributed by atoms with Gasteiger partial charge in [0.05, 0.1) is 6.10 Å². The van der Waals surface area contributed by atoms with Gasteiger partial charge in [-0.2, -0.15) is 13.2 Å². The molecule has 0 aliphatic carbocycles. The third-order valence-corrected chi connectivity index (χ3v) is 2.17. The van der Waals surface area contributed by atoms with E-state index in [9.17, 15) is 13.2 Å². The van der Waals surface area contributed by atoms with E-state index in [0.717, 1.165) is 19.4 Å². The van der Waals surface area contributed by atoms with E-state index in [0.29, 0.717) is 0 Å². The van der Waals surface area contributed by atoms with Crippen LogP contribution in [-0.2, 0) is 4.74 Å².